The summed E-state index contributed by atoms with van der Waals surface area (Å²) in [6, 6.07) is 10.3. The molecule has 1 aromatic heterocycles. The van der Waals surface area contributed by atoms with Crippen molar-refractivity contribution in [2.24, 2.45) is 0 Å². The van der Waals surface area contributed by atoms with Crippen LogP contribution in [-0.2, 0) is 6.54 Å². The van der Waals surface area contributed by atoms with Crippen molar-refractivity contribution in [3.05, 3.63) is 48.3 Å². The third-order valence-electron chi connectivity index (χ3n) is 2.74. The first kappa shape index (κ1) is 12.4. The zero-order valence-electron chi connectivity index (χ0n) is 11.0. The molecule has 0 saturated heterocycles. The van der Waals surface area contributed by atoms with Crippen LogP contribution in [0, 0.1) is 0 Å². The smallest absolute Gasteiger partial charge is 0.225 e. The van der Waals surface area contributed by atoms with Crippen LogP contribution in [0.2, 0.25) is 0 Å². The van der Waals surface area contributed by atoms with Crippen molar-refractivity contribution in [3.63, 3.8) is 0 Å². The summed E-state index contributed by atoms with van der Waals surface area (Å²) in [4.78, 5) is 12.6. The zero-order chi connectivity index (χ0) is 13.0. The molecule has 18 heavy (non-hydrogen) atoms. The Hall–Kier alpha value is -2.10. The van der Waals surface area contributed by atoms with E-state index in [9.17, 15) is 0 Å². The molecular weight excluding hydrogens is 224 g/mol. The Morgan fingerprint density at radius 3 is 2.39 bits per heavy atom. The van der Waals surface area contributed by atoms with Gasteiger partial charge in [-0.2, -0.15) is 0 Å². The Morgan fingerprint density at radius 1 is 1.00 bits per heavy atom. The fourth-order valence-electron chi connectivity index (χ4n) is 1.77. The lowest BCUT2D eigenvalue weighted by Gasteiger charge is -2.18. The van der Waals surface area contributed by atoms with Gasteiger partial charge in [0.25, 0.3) is 0 Å². The van der Waals surface area contributed by atoms with E-state index in [0.29, 0.717) is 0 Å². The first-order valence-electron chi connectivity index (χ1n) is 5.91. The van der Waals surface area contributed by atoms with Crippen LogP contribution in [0.25, 0.3) is 0 Å². The number of hydrogen-bond donors (Lipinski definition) is 0. The molecule has 0 fully saturated rings. The summed E-state index contributed by atoms with van der Waals surface area (Å²) in [5.74, 6) is 0.743. The number of aromatic nitrogens is 2. The van der Waals surface area contributed by atoms with Crippen molar-refractivity contribution in [1.29, 1.82) is 0 Å². The van der Waals surface area contributed by atoms with E-state index in [1.807, 2.05) is 32.1 Å². The van der Waals surface area contributed by atoms with Crippen molar-refractivity contribution in [1.82, 2.24) is 9.97 Å². The van der Waals surface area contributed by atoms with Gasteiger partial charge in [-0.05, 0) is 23.8 Å². The normalized spacial score (nSPS) is 10.2. The van der Waals surface area contributed by atoms with Gasteiger partial charge in [0, 0.05) is 45.8 Å². The largest absolute Gasteiger partial charge is 0.378 e. The molecule has 94 valence electrons. The molecular formula is C14H18N4. The number of rotatable bonds is 4. The van der Waals surface area contributed by atoms with Gasteiger partial charge in [-0.15, -0.1) is 0 Å². The van der Waals surface area contributed by atoms with Crippen LogP contribution < -0.4 is 9.80 Å². The molecule has 0 atom stereocenters. The van der Waals surface area contributed by atoms with Gasteiger partial charge in [-0.25, -0.2) is 9.97 Å². The molecule has 2 rings (SSSR count). The highest BCUT2D eigenvalue weighted by Gasteiger charge is 2.05. The SMILES string of the molecule is CN(C)c1cccc(CN(C)c2ncccn2)c1. The lowest BCUT2D eigenvalue weighted by Crippen LogP contribution is -2.19. The van der Waals surface area contributed by atoms with E-state index in [-0.39, 0.29) is 0 Å². The Bertz CT molecular complexity index is 496. The van der Waals surface area contributed by atoms with E-state index in [2.05, 4.69) is 39.1 Å². The Kier molecular flexibility index (Phi) is 3.77. The van der Waals surface area contributed by atoms with Gasteiger partial charge < -0.3 is 9.80 Å². The minimum absolute atomic E-state index is 0.743. The third kappa shape index (κ3) is 2.97. The minimum Gasteiger partial charge on any atom is -0.378 e. The molecule has 4 heteroatoms. The second kappa shape index (κ2) is 5.49. The maximum absolute atomic E-state index is 4.24. The predicted molar refractivity (Wildman–Crippen MR) is 74.9 cm³/mol. The molecule has 0 spiro atoms. The first-order chi connectivity index (χ1) is 8.66. The molecule has 1 aromatic carbocycles. The summed E-state index contributed by atoms with van der Waals surface area (Å²) in [6.07, 6.45) is 3.52. The lowest BCUT2D eigenvalue weighted by atomic mass is 10.2. The van der Waals surface area contributed by atoms with Gasteiger partial charge in [0.15, 0.2) is 0 Å². The Labute approximate surface area is 108 Å². The molecule has 4 nitrogen and oxygen atoms in total. The van der Waals surface area contributed by atoms with E-state index in [0.717, 1.165) is 12.5 Å². The first-order valence-corrected chi connectivity index (χ1v) is 5.91. The monoisotopic (exact) mass is 242 g/mol. The van der Waals surface area contributed by atoms with Gasteiger partial charge in [-0.1, -0.05) is 12.1 Å². The number of nitrogens with zero attached hydrogens (tertiary/aromatic N) is 4. The molecule has 0 saturated carbocycles. The number of benzene rings is 1. The highest BCUT2D eigenvalue weighted by Crippen LogP contribution is 2.16. The Balaban J connectivity index is 2.12. The minimum atomic E-state index is 0.743. The number of hydrogen-bond acceptors (Lipinski definition) is 4. The third-order valence-corrected chi connectivity index (χ3v) is 2.74. The lowest BCUT2D eigenvalue weighted by molar-refractivity contribution is 0.866. The average molecular weight is 242 g/mol. The summed E-state index contributed by atoms with van der Waals surface area (Å²) in [5, 5.41) is 0. The summed E-state index contributed by atoms with van der Waals surface area (Å²) >= 11 is 0. The highest BCUT2D eigenvalue weighted by atomic mass is 15.2. The second-order valence-electron chi connectivity index (χ2n) is 4.47. The Morgan fingerprint density at radius 2 is 1.72 bits per heavy atom. The van der Waals surface area contributed by atoms with Gasteiger partial charge in [0.1, 0.15) is 0 Å². The fraction of sp³-hybridized carbons (Fsp3) is 0.286. The van der Waals surface area contributed by atoms with Crippen molar-refractivity contribution in [2.75, 3.05) is 30.9 Å². The molecule has 0 aliphatic heterocycles. The van der Waals surface area contributed by atoms with Crippen LogP contribution in [0.1, 0.15) is 5.56 Å². The van der Waals surface area contributed by atoms with Crippen LogP contribution in [0.15, 0.2) is 42.7 Å². The van der Waals surface area contributed by atoms with Crippen LogP contribution in [0.4, 0.5) is 11.6 Å². The van der Waals surface area contributed by atoms with Crippen molar-refractivity contribution in [2.45, 2.75) is 6.54 Å². The maximum atomic E-state index is 4.24. The molecule has 0 radical (unpaired) electrons. The van der Waals surface area contributed by atoms with E-state index in [4.69, 9.17) is 0 Å². The summed E-state index contributed by atoms with van der Waals surface area (Å²) in [5.41, 5.74) is 2.45. The highest BCUT2D eigenvalue weighted by molar-refractivity contribution is 5.48. The predicted octanol–water partition coefficient (Wildman–Crippen LogP) is 2.18. The fourth-order valence-corrected chi connectivity index (χ4v) is 1.77. The van der Waals surface area contributed by atoms with Gasteiger partial charge in [-0.3, -0.25) is 0 Å². The van der Waals surface area contributed by atoms with Gasteiger partial charge >= 0.3 is 0 Å². The van der Waals surface area contributed by atoms with Crippen LogP contribution in [-0.4, -0.2) is 31.1 Å². The maximum Gasteiger partial charge on any atom is 0.225 e. The van der Waals surface area contributed by atoms with E-state index in [1.54, 1.807) is 12.4 Å². The van der Waals surface area contributed by atoms with Crippen LogP contribution in [0.3, 0.4) is 0 Å². The number of anilines is 2. The van der Waals surface area contributed by atoms with E-state index in [1.165, 1.54) is 11.3 Å². The van der Waals surface area contributed by atoms with E-state index >= 15 is 0 Å². The quantitative estimate of drug-likeness (QED) is 0.822. The molecule has 0 unspecified atom stereocenters. The topological polar surface area (TPSA) is 32.3 Å². The molecule has 0 bridgehead atoms. The molecule has 2 aromatic rings. The van der Waals surface area contributed by atoms with Crippen molar-refractivity contribution >= 4 is 11.6 Å². The average Bonchev–Trinajstić information content (AvgIpc) is 2.40. The van der Waals surface area contributed by atoms with Crippen molar-refractivity contribution < 1.29 is 0 Å². The molecule has 0 aliphatic carbocycles. The molecule has 1 heterocycles. The molecule has 0 amide bonds. The van der Waals surface area contributed by atoms with Crippen molar-refractivity contribution in [3.8, 4) is 0 Å². The summed E-state index contributed by atoms with van der Waals surface area (Å²) < 4.78 is 0. The zero-order valence-corrected chi connectivity index (χ0v) is 11.0. The second-order valence-corrected chi connectivity index (χ2v) is 4.47. The summed E-state index contributed by atoms with van der Waals surface area (Å²) in [6.45, 7) is 0.797. The van der Waals surface area contributed by atoms with Crippen LogP contribution in [0.5, 0.6) is 0 Å². The molecule has 0 N–H and O–H groups in total. The standard InChI is InChI=1S/C14H18N4/c1-17(2)13-7-4-6-12(10-13)11-18(3)14-15-8-5-9-16-14/h4-10H,11H2,1-3H3. The van der Waals surface area contributed by atoms with Gasteiger partial charge in [0.2, 0.25) is 5.95 Å². The van der Waals surface area contributed by atoms with Crippen LogP contribution >= 0.6 is 0 Å². The van der Waals surface area contributed by atoms with E-state index < -0.39 is 0 Å². The summed E-state index contributed by atoms with van der Waals surface area (Å²) in [7, 11) is 6.09. The van der Waals surface area contributed by atoms with Gasteiger partial charge in [0.05, 0.1) is 0 Å². The molecule has 0 aliphatic rings.